The lowest BCUT2D eigenvalue weighted by Crippen LogP contribution is -2.17. The number of aromatic nitrogens is 3. The molecule has 11 heteroatoms. The fourth-order valence-corrected chi connectivity index (χ4v) is 4.11. The number of aryl methyl sites for hydroxylation is 3. The summed E-state index contributed by atoms with van der Waals surface area (Å²) < 4.78 is 46.9. The van der Waals surface area contributed by atoms with Crippen LogP contribution >= 0.6 is 0 Å². The number of nitrogens with one attached hydrogen (secondary N) is 1. The Morgan fingerprint density at radius 2 is 2.06 bits per heavy atom. The number of nitrogens with zero attached hydrogens (tertiary/aromatic N) is 3. The Bertz CT molecular complexity index is 1170. The van der Waals surface area contributed by atoms with Gasteiger partial charge in [0, 0.05) is 31.0 Å². The zero-order valence-corrected chi connectivity index (χ0v) is 18.8. The minimum absolute atomic E-state index is 0.0762. The second-order valence-electron chi connectivity index (χ2n) is 8.42. The van der Waals surface area contributed by atoms with Crippen LogP contribution in [0.4, 0.5) is 19.0 Å². The van der Waals surface area contributed by atoms with E-state index in [4.69, 9.17) is 4.52 Å². The third kappa shape index (κ3) is 7.17. The Balaban J connectivity index is 1.36. The zero-order valence-electron chi connectivity index (χ0n) is 18.8. The van der Waals surface area contributed by atoms with Crippen molar-refractivity contribution < 1.29 is 32.3 Å². The fourth-order valence-electron chi connectivity index (χ4n) is 4.11. The van der Waals surface area contributed by atoms with E-state index in [0.29, 0.717) is 17.8 Å². The van der Waals surface area contributed by atoms with Crippen molar-refractivity contribution in [2.45, 2.75) is 57.2 Å². The molecule has 8 nitrogen and oxygen atoms in total. The molecule has 0 fully saturated rings. The van der Waals surface area contributed by atoms with Gasteiger partial charge in [-0.1, -0.05) is 23.4 Å². The van der Waals surface area contributed by atoms with Crippen LogP contribution < -0.4 is 10.1 Å². The van der Waals surface area contributed by atoms with Gasteiger partial charge in [0.05, 0.1) is 6.42 Å². The average Bonchev–Trinajstić information content (AvgIpc) is 3.24. The second-order valence-corrected chi connectivity index (χ2v) is 8.42. The predicted octanol–water partition coefficient (Wildman–Crippen LogP) is 4.70. The van der Waals surface area contributed by atoms with E-state index in [1.807, 2.05) is 6.07 Å². The molecule has 0 saturated heterocycles. The van der Waals surface area contributed by atoms with Crippen LogP contribution in [0.3, 0.4) is 0 Å². The summed E-state index contributed by atoms with van der Waals surface area (Å²) in [4.78, 5) is 20.4. The Kier molecular flexibility index (Phi) is 7.52. The van der Waals surface area contributed by atoms with Crippen LogP contribution in [0.25, 0.3) is 0 Å². The number of pyridine rings is 1. The predicted molar refractivity (Wildman–Crippen MR) is 119 cm³/mol. The highest BCUT2D eigenvalue weighted by atomic mass is 19.4. The third-order valence-corrected chi connectivity index (χ3v) is 5.70. The van der Waals surface area contributed by atoms with Crippen molar-refractivity contribution in [1.82, 2.24) is 15.1 Å². The molecule has 3 aromatic rings. The van der Waals surface area contributed by atoms with Crippen molar-refractivity contribution in [2.75, 3.05) is 11.9 Å². The van der Waals surface area contributed by atoms with Gasteiger partial charge >= 0.3 is 12.3 Å². The van der Waals surface area contributed by atoms with E-state index in [-0.39, 0.29) is 18.7 Å². The molecule has 0 bridgehead atoms. The number of carboxylic acid groups (broad SMARTS) is 1. The molecule has 0 radical (unpaired) electrons. The first-order valence-electron chi connectivity index (χ1n) is 11.4. The van der Waals surface area contributed by atoms with Crippen LogP contribution in [0.5, 0.6) is 5.75 Å². The van der Waals surface area contributed by atoms with Crippen molar-refractivity contribution in [2.24, 2.45) is 0 Å². The first-order valence-corrected chi connectivity index (χ1v) is 11.4. The molecule has 1 atom stereocenters. The summed E-state index contributed by atoms with van der Waals surface area (Å²) in [7, 11) is 0. The summed E-state index contributed by atoms with van der Waals surface area (Å²) in [6, 6.07) is 9.41. The van der Waals surface area contributed by atoms with E-state index in [2.05, 4.69) is 31.2 Å². The van der Waals surface area contributed by atoms with E-state index in [9.17, 15) is 23.1 Å². The largest absolute Gasteiger partial charge is 0.573 e. The number of aliphatic carboxylic acids is 1. The highest BCUT2D eigenvalue weighted by Gasteiger charge is 2.31. The Morgan fingerprint density at radius 3 is 2.86 bits per heavy atom. The number of benzene rings is 1. The molecule has 186 valence electrons. The maximum absolute atomic E-state index is 12.6. The van der Waals surface area contributed by atoms with Crippen molar-refractivity contribution >= 4 is 11.8 Å². The number of rotatable bonds is 10. The van der Waals surface area contributed by atoms with Gasteiger partial charge in [0.2, 0.25) is 5.89 Å². The molecule has 0 spiro atoms. The lowest BCUT2D eigenvalue weighted by molar-refractivity contribution is -0.274. The van der Waals surface area contributed by atoms with E-state index >= 15 is 0 Å². The van der Waals surface area contributed by atoms with Crippen LogP contribution in [-0.2, 0) is 30.5 Å². The summed E-state index contributed by atoms with van der Waals surface area (Å²) in [6.07, 6.45) is -0.898. The molecule has 1 aliphatic rings. The lowest BCUT2D eigenvalue weighted by Gasteiger charge is -2.17. The van der Waals surface area contributed by atoms with Gasteiger partial charge in [0.1, 0.15) is 11.6 Å². The quantitative estimate of drug-likeness (QED) is 0.421. The lowest BCUT2D eigenvalue weighted by atomic mass is 9.92. The van der Waals surface area contributed by atoms with Gasteiger partial charge in [-0.05, 0) is 55.0 Å². The van der Waals surface area contributed by atoms with E-state index < -0.39 is 24.0 Å². The molecule has 1 unspecified atom stereocenters. The normalized spacial score (nSPS) is 14.1. The molecular formula is C24H25F3N4O4. The number of halogens is 3. The maximum Gasteiger partial charge on any atom is 0.573 e. The number of carboxylic acids is 1. The number of hydrogen-bond acceptors (Lipinski definition) is 7. The monoisotopic (exact) mass is 490 g/mol. The van der Waals surface area contributed by atoms with E-state index in [1.54, 1.807) is 6.07 Å². The van der Waals surface area contributed by atoms with Crippen molar-refractivity contribution in [1.29, 1.82) is 0 Å². The SMILES string of the molecule is O=C(O)CC(Cc1nc(CCCc2ccc3c(n2)NCCC3)no1)c1cccc(OC(F)(F)F)c1. The Morgan fingerprint density at radius 1 is 1.20 bits per heavy atom. The third-order valence-electron chi connectivity index (χ3n) is 5.70. The van der Waals surface area contributed by atoms with Gasteiger partial charge in [-0.25, -0.2) is 4.98 Å². The van der Waals surface area contributed by atoms with Crippen LogP contribution in [0.2, 0.25) is 0 Å². The first-order chi connectivity index (χ1) is 16.7. The van der Waals surface area contributed by atoms with Crippen LogP contribution in [0, 0.1) is 0 Å². The van der Waals surface area contributed by atoms with Gasteiger partial charge in [0.15, 0.2) is 5.82 Å². The molecule has 1 aromatic carbocycles. The van der Waals surface area contributed by atoms with Gasteiger partial charge in [-0.3, -0.25) is 4.79 Å². The van der Waals surface area contributed by atoms with Crippen molar-refractivity contribution in [3.8, 4) is 5.75 Å². The number of alkyl halides is 3. The highest BCUT2D eigenvalue weighted by Crippen LogP contribution is 2.30. The molecule has 0 aliphatic carbocycles. The van der Waals surface area contributed by atoms with Gasteiger partial charge in [0.25, 0.3) is 0 Å². The van der Waals surface area contributed by atoms with E-state index in [0.717, 1.165) is 49.8 Å². The summed E-state index contributed by atoms with van der Waals surface area (Å²) in [6.45, 7) is 0.928. The molecule has 1 aliphatic heterocycles. The minimum atomic E-state index is -4.84. The summed E-state index contributed by atoms with van der Waals surface area (Å²) in [5.41, 5.74) is 2.58. The van der Waals surface area contributed by atoms with Crippen molar-refractivity contribution in [3.05, 3.63) is 64.9 Å². The molecule has 0 saturated carbocycles. The smallest absolute Gasteiger partial charge is 0.481 e. The summed E-state index contributed by atoms with van der Waals surface area (Å²) in [5, 5.41) is 16.6. The van der Waals surface area contributed by atoms with Crippen LogP contribution in [0.1, 0.15) is 53.7 Å². The number of hydrogen-bond donors (Lipinski definition) is 2. The molecule has 2 aromatic heterocycles. The molecule has 35 heavy (non-hydrogen) atoms. The first kappa shape index (κ1) is 24.5. The Hall–Kier alpha value is -3.63. The number of fused-ring (bicyclic) bond motifs is 1. The highest BCUT2D eigenvalue weighted by molar-refractivity contribution is 5.68. The molecule has 4 rings (SSSR count). The van der Waals surface area contributed by atoms with Gasteiger partial charge in [-0.2, -0.15) is 4.98 Å². The minimum Gasteiger partial charge on any atom is -0.481 e. The number of carbonyl (C=O) groups is 1. The zero-order chi connectivity index (χ0) is 24.8. The van der Waals surface area contributed by atoms with Crippen LogP contribution in [0.15, 0.2) is 40.9 Å². The van der Waals surface area contributed by atoms with Crippen molar-refractivity contribution in [3.63, 3.8) is 0 Å². The fraction of sp³-hybridized carbons (Fsp3) is 0.417. The topological polar surface area (TPSA) is 110 Å². The average molecular weight is 490 g/mol. The second kappa shape index (κ2) is 10.7. The molecular weight excluding hydrogens is 465 g/mol. The summed E-state index contributed by atoms with van der Waals surface area (Å²) >= 11 is 0. The Labute approximate surface area is 199 Å². The van der Waals surface area contributed by atoms with E-state index in [1.165, 1.54) is 17.7 Å². The standard InChI is InChI=1S/C24H25F3N4O4/c25-24(26,27)34-19-7-1-4-16(12-19)17(14-22(32)33)13-21-30-20(31-35-21)8-2-6-18-10-9-15-5-3-11-28-23(15)29-18/h1,4,7,9-10,12,17H,2-3,5-6,8,11,13-14H2,(H,28,29)(H,32,33). The van der Waals surface area contributed by atoms with Gasteiger partial charge in [-0.15, -0.1) is 13.2 Å². The van der Waals surface area contributed by atoms with Crippen LogP contribution in [-0.4, -0.2) is 39.1 Å². The van der Waals surface area contributed by atoms with Gasteiger partial charge < -0.3 is 19.7 Å². The molecule has 3 heterocycles. The molecule has 0 amide bonds. The maximum atomic E-state index is 12.6. The number of anilines is 1. The molecule has 2 N–H and O–H groups in total. The number of ether oxygens (including phenoxy) is 1. The summed E-state index contributed by atoms with van der Waals surface area (Å²) in [5.74, 6) is -0.509.